The first-order valence-corrected chi connectivity index (χ1v) is 7.46. The average Bonchev–Trinajstić information content (AvgIpc) is 2.62. The number of carbonyl (C=O) groups is 2. The summed E-state index contributed by atoms with van der Waals surface area (Å²) in [5.74, 6) is -0.0544. The molecule has 0 spiro atoms. The summed E-state index contributed by atoms with van der Waals surface area (Å²) < 4.78 is 5.24. The fourth-order valence-electron chi connectivity index (χ4n) is 3.59. The number of carboxylic acid groups (broad SMARTS) is 1. The maximum absolute atomic E-state index is 11.8. The molecule has 18 heavy (non-hydrogen) atoms. The Kier molecular flexibility index (Phi) is 2.88. The van der Waals surface area contributed by atoms with Gasteiger partial charge in [-0.25, -0.2) is 0 Å². The van der Waals surface area contributed by atoms with Crippen LogP contribution >= 0.6 is 11.8 Å². The molecule has 2 heterocycles. The molecule has 0 radical (unpaired) electrons. The van der Waals surface area contributed by atoms with Crippen LogP contribution in [0.4, 0.5) is 0 Å². The van der Waals surface area contributed by atoms with Crippen molar-refractivity contribution in [3.63, 3.8) is 0 Å². The predicted molar refractivity (Wildman–Crippen MR) is 67.2 cm³/mol. The largest absolute Gasteiger partial charge is 0.481 e. The lowest BCUT2D eigenvalue weighted by atomic mass is 9.66. The Morgan fingerprint density at radius 1 is 1.56 bits per heavy atom. The maximum atomic E-state index is 11.8. The molecule has 98 valence electrons. The molecule has 2 fully saturated rings. The van der Waals surface area contributed by atoms with Gasteiger partial charge < -0.3 is 9.84 Å². The summed E-state index contributed by atoms with van der Waals surface area (Å²) >= 11 is 1.82. The molecule has 3 aliphatic rings. The maximum Gasteiger partial charge on any atom is 0.313 e. The molecule has 4 unspecified atom stereocenters. The number of aliphatic carboxylic acids is 1. The van der Waals surface area contributed by atoms with Crippen molar-refractivity contribution in [3.05, 3.63) is 11.6 Å². The van der Waals surface area contributed by atoms with Gasteiger partial charge in [-0.05, 0) is 25.0 Å². The second-order valence-corrected chi connectivity index (χ2v) is 6.40. The molecule has 5 atom stereocenters. The first-order valence-electron chi connectivity index (χ1n) is 6.31. The van der Waals surface area contributed by atoms with Gasteiger partial charge >= 0.3 is 11.9 Å². The lowest BCUT2D eigenvalue weighted by molar-refractivity contribution is -0.147. The molecule has 4 nitrogen and oxygen atoms in total. The SMILES string of the molecule is C[C@H]1OC(=O)C2C=C3CSCCC3C(C(=O)O)C21. The van der Waals surface area contributed by atoms with Crippen LogP contribution in [0.5, 0.6) is 0 Å². The number of thioether (sulfide) groups is 1. The van der Waals surface area contributed by atoms with Crippen LogP contribution in [-0.2, 0) is 14.3 Å². The second kappa shape index (κ2) is 4.30. The lowest BCUT2D eigenvalue weighted by Gasteiger charge is -2.39. The van der Waals surface area contributed by atoms with Crippen molar-refractivity contribution >= 4 is 23.7 Å². The molecule has 0 amide bonds. The minimum absolute atomic E-state index is 0.0990. The van der Waals surface area contributed by atoms with Gasteiger partial charge in [-0.2, -0.15) is 11.8 Å². The molecule has 1 aliphatic carbocycles. The molecule has 1 N–H and O–H groups in total. The molecule has 0 aromatic heterocycles. The number of carbonyl (C=O) groups excluding carboxylic acids is 1. The van der Waals surface area contributed by atoms with Gasteiger partial charge in [-0.1, -0.05) is 11.6 Å². The van der Waals surface area contributed by atoms with Crippen molar-refractivity contribution in [3.8, 4) is 0 Å². The molecular weight excluding hydrogens is 252 g/mol. The molecule has 2 saturated heterocycles. The monoisotopic (exact) mass is 268 g/mol. The summed E-state index contributed by atoms with van der Waals surface area (Å²) in [5.41, 5.74) is 1.14. The Bertz CT molecular complexity index is 431. The quantitative estimate of drug-likeness (QED) is 0.577. The zero-order valence-electron chi connectivity index (χ0n) is 10.2. The van der Waals surface area contributed by atoms with Crippen LogP contribution in [0, 0.1) is 23.7 Å². The van der Waals surface area contributed by atoms with Crippen molar-refractivity contribution in [2.24, 2.45) is 23.7 Å². The van der Waals surface area contributed by atoms with Gasteiger partial charge in [0.25, 0.3) is 0 Å². The van der Waals surface area contributed by atoms with Crippen LogP contribution in [0.15, 0.2) is 11.6 Å². The van der Waals surface area contributed by atoms with E-state index in [1.807, 2.05) is 24.8 Å². The Labute approximate surface area is 110 Å². The Balaban J connectivity index is 2.03. The van der Waals surface area contributed by atoms with E-state index in [1.54, 1.807) is 0 Å². The van der Waals surface area contributed by atoms with Gasteiger partial charge in [0.1, 0.15) is 6.10 Å². The highest BCUT2D eigenvalue weighted by Crippen LogP contribution is 2.48. The molecule has 0 bridgehead atoms. The zero-order chi connectivity index (χ0) is 12.9. The van der Waals surface area contributed by atoms with Crippen molar-refractivity contribution < 1.29 is 19.4 Å². The van der Waals surface area contributed by atoms with Crippen molar-refractivity contribution in [1.82, 2.24) is 0 Å². The highest BCUT2D eigenvalue weighted by Gasteiger charge is 2.54. The Hall–Kier alpha value is -0.970. The lowest BCUT2D eigenvalue weighted by Crippen LogP contribution is -2.43. The normalized spacial score (nSPS) is 42.6. The highest BCUT2D eigenvalue weighted by atomic mass is 32.2. The number of fused-ring (bicyclic) bond motifs is 2. The standard InChI is InChI=1S/C13H16O4S/c1-6-10-9(13(16)17-6)4-7-5-18-3-2-8(7)11(10)12(14)15/h4,6,8-11H,2-3,5H2,1H3,(H,14,15)/t6-,8?,9?,10?,11?/m1/s1. The minimum atomic E-state index is -0.780. The summed E-state index contributed by atoms with van der Waals surface area (Å²) in [5, 5.41) is 9.53. The zero-order valence-corrected chi connectivity index (χ0v) is 11.0. The van der Waals surface area contributed by atoms with Crippen LogP contribution in [0.1, 0.15) is 13.3 Å². The fourth-order valence-corrected chi connectivity index (χ4v) is 4.71. The molecule has 0 aromatic rings. The predicted octanol–water partition coefficient (Wildman–Crippen LogP) is 1.56. The topological polar surface area (TPSA) is 63.6 Å². The van der Waals surface area contributed by atoms with E-state index in [9.17, 15) is 14.7 Å². The number of esters is 1. The van der Waals surface area contributed by atoms with E-state index in [0.717, 1.165) is 23.5 Å². The Morgan fingerprint density at radius 2 is 2.33 bits per heavy atom. The number of cyclic esters (lactones) is 1. The van der Waals surface area contributed by atoms with Crippen molar-refractivity contribution in [2.75, 3.05) is 11.5 Å². The van der Waals surface area contributed by atoms with Gasteiger partial charge in [-0.15, -0.1) is 0 Å². The first-order chi connectivity index (χ1) is 8.59. The summed E-state index contributed by atoms with van der Waals surface area (Å²) in [6.07, 6.45) is 2.61. The van der Waals surface area contributed by atoms with Crippen molar-refractivity contribution in [2.45, 2.75) is 19.4 Å². The van der Waals surface area contributed by atoms with E-state index in [4.69, 9.17) is 4.74 Å². The fraction of sp³-hybridized carbons (Fsp3) is 0.692. The molecular formula is C13H16O4S. The van der Waals surface area contributed by atoms with E-state index in [2.05, 4.69) is 0 Å². The molecule has 0 saturated carbocycles. The molecule has 0 aromatic carbocycles. The minimum Gasteiger partial charge on any atom is -0.481 e. The third-order valence-corrected chi connectivity index (χ3v) is 5.44. The van der Waals surface area contributed by atoms with Crippen molar-refractivity contribution in [1.29, 1.82) is 0 Å². The van der Waals surface area contributed by atoms with E-state index >= 15 is 0 Å². The number of carboxylic acids is 1. The van der Waals surface area contributed by atoms with Gasteiger partial charge in [0.05, 0.1) is 11.8 Å². The van der Waals surface area contributed by atoms with Crippen LogP contribution in [-0.4, -0.2) is 34.7 Å². The summed E-state index contributed by atoms with van der Waals surface area (Å²) in [4.78, 5) is 23.4. The third-order valence-electron chi connectivity index (χ3n) is 4.38. The van der Waals surface area contributed by atoms with Gasteiger partial charge in [0, 0.05) is 11.7 Å². The van der Waals surface area contributed by atoms with Gasteiger partial charge in [0.2, 0.25) is 0 Å². The molecule has 2 aliphatic heterocycles. The van der Waals surface area contributed by atoms with E-state index in [-0.39, 0.29) is 29.8 Å². The van der Waals surface area contributed by atoms with E-state index in [0.29, 0.717) is 0 Å². The first kappa shape index (κ1) is 12.1. The highest BCUT2D eigenvalue weighted by molar-refractivity contribution is 7.99. The second-order valence-electron chi connectivity index (χ2n) is 5.30. The Morgan fingerprint density at radius 3 is 3.06 bits per heavy atom. The summed E-state index contributed by atoms with van der Waals surface area (Å²) in [7, 11) is 0. The summed E-state index contributed by atoms with van der Waals surface area (Å²) in [6, 6.07) is 0. The number of hydrogen-bond donors (Lipinski definition) is 1. The van der Waals surface area contributed by atoms with Crippen LogP contribution in [0.3, 0.4) is 0 Å². The van der Waals surface area contributed by atoms with Gasteiger partial charge in [-0.3, -0.25) is 9.59 Å². The smallest absolute Gasteiger partial charge is 0.313 e. The van der Waals surface area contributed by atoms with Gasteiger partial charge in [0.15, 0.2) is 0 Å². The van der Waals surface area contributed by atoms with E-state index < -0.39 is 11.9 Å². The average molecular weight is 268 g/mol. The molecule has 3 rings (SSSR count). The summed E-state index contributed by atoms with van der Waals surface area (Å²) in [6.45, 7) is 1.81. The van der Waals surface area contributed by atoms with Crippen LogP contribution < -0.4 is 0 Å². The number of ether oxygens (including phenoxy) is 1. The van der Waals surface area contributed by atoms with E-state index in [1.165, 1.54) is 0 Å². The molecule has 5 heteroatoms. The van der Waals surface area contributed by atoms with Crippen LogP contribution in [0.2, 0.25) is 0 Å². The number of rotatable bonds is 1. The van der Waals surface area contributed by atoms with Crippen LogP contribution in [0.25, 0.3) is 0 Å². The third kappa shape index (κ3) is 1.67. The number of hydrogen-bond acceptors (Lipinski definition) is 4.